The van der Waals surface area contributed by atoms with E-state index >= 15 is 0 Å². The lowest BCUT2D eigenvalue weighted by Gasteiger charge is -2.11. The van der Waals surface area contributed by atoms with E-state index in [0.717, 1.165) is 12.1 Å². The van der Waals surface area contributed by atoms with Crippen LogP contribution in [0.15, 0.2) is 37.2 Å². The molecule has 20 heavy (non-hydrogen) atoms. The number of nitrogen functional groups attached to an aromatic ring is 1. The molecule has 7 heteroatoms. The molecule has 0 atom stereocenters. The molecule has 2 rings (SSSR count). The van der Waals surface area contributed by atoms with Crippen LogP contribution in [0.5, 0.6) is 0 Å². The van der Waals surface area contributed by atoms with E-state index in [9.17, 15) is 8.78 Å². The number of hydrogen-bond acceptors (Lipinski definition) is 5. The maximum atomic E-state index is 13.1. The van der Waals surface area contributed by atoms with E-state index in [-0.39, 0.29) is 5.69 Å². The van der Waals surface area contributed by atoms with Crippen LogP contribution in [0.25, 0.3) is 0 Å². The Balaban J connectivity index is 2.24. The fourth-order valence-electron chi connectivity index (χ4n) is 1.52. The fraction of sp³-hybridized carbons (Fsp3) is 0.0769. The first-order valence-electron chi connectivity index (χ1n) is 5.79. The van der Waals surface area contributed by atoms with Crippen LogP contribution in [0.1, 0.15) is 0 Å². The normalized spacial score (nSPS) is 10.1. The van der Waals surface area contributed by atoms with Crippen molar-refractivity contribution in [1.82, 2.24) is 9.97 Å². The number of rotatable bonds is 5. The zero-order valence-corrected chi connectivity index (χ0v) is 10.5. The summed E-state index contributed by atoms with van der Waals surface area (Å²) in [5.74, 6) is -1.13. The van der Waals surface area contributed by atoms with Crippen molar-refractivity contribution >= 4 is 23.0 Å². The molecule has 0 saturated carbocycles. The van der Waals surface area contributed by atoms with Crippen LogP contribution in [-0.4, -0.2) is 16.5 Å². The molecule has 4 N–H and O–H groups in total. The molecular formula is C13H13F2N5. The molecule has 1 aromatic heterocycles. The largest absolute Gasteiger partial charge is 0.393 e. The SMILES string of the molecule is C=CCNc1ncnc(Nc2ccc(F)c(F)c2)c1N. The third-order valence-electron chi connectivity index (χ3n) is 2.48. The van der Waals surface area contributed by atoms with Gasteiger partial charge in [0, 0.05) is 18.3 Å². The summed E-state index contributed by atoms with van der Waals surface area (Å²) in [7, 11) is 0. The Hall–Kier alpha value is -2.70. The van der Waals surface area contributed by atoms with E-state index in [1.54, 1.807) is 6.08 Å². The first-order chi connectivity index (χ1) is 9.61. The maximum Gasteiger partial charge on any atom is 0.160 e. The van der Waals surface area contributed by atoms with Crippen molar-refractivity contribution in [3.05, 3.63) is 48.8 Å². The number of nitrogens with two attached hydrogens (primary N) is 1. The van der Waals surface area contributed by atoms with Crippen LogP contribution in [-0.2, 0) is 0 Å². The van der Waals surface area contributed by atoms with Crippen LogP contribution >= 0.6 is 0 Å². The quantitative estimate of drug-likeness (QED) is 0.732. The zero-order valence-electron chi connectivity index (χ0n) is 10.5. The zero-order chi connectivity index (χ0) is 14.5. The monoisotopic (exact) mass is 277 g/mol. The van der Waals surface area contributed by atoms with Crippen LogP contribution < -0.4 is 16.4 Å². The van der Waals surface area contributed by atoms with Gasteiger partial charge in [-0.25, -0.2) is 18.7 Å². The Morgan fingerprint density at radius 2 is 1.95 bits per heavy atom. The highest BCUT2D eigenvalue weighted by molar-refractivity contribution is 5.77. The fourth-order valence-corrected chi connectivity index (χ4v) is 1.52. The van der Waals surface area contributed by atoms with Crippen LogP contribution in [0.3, 0.4) is 0 Å². The highest BCUT2D eigenvalue weighted by atomic mass is 19.2. The minimum Gasteiger partial charge on any atom is -0.393 e. The van der Waals surface area contributed by atoms with Gasteiger partial charge in [0.05, 0.1) is 0 Å². The molecule has 2 aromatic rings. The van der Waals surface area contributed by atoms with Gasteiger partial charge in [0.25, 0.3) is 0 Å². The molecule has 1 aromatic carbocycles. The van der Waals surface area contributed by atoms with Gasteiger partial charge in [-0.1, -0.05) is 6.08 Å². The first kappa shape index (κ1) is 13.7. The second-order valence-electron chi connectivity index (χ2n) is 3.91. The molecule has 0 unspecified atom stereocenters. The minimum absolute atomic E-state index is 0.277. The Kier molecular flexibility index (Phi) is 4.09. The molecule has 1 heterocycles. The molecule has 0 spiro atoms. The van der Waals surface area contributed by atoms with Gasteiger partial charge in [-0.3, -0.25) is 0 Å². The van der Waals surface area contributed by atoms with Gasteiger partial charge in [0.1, 0.15) is 12.0 Å². The summed E-state index contributed by atoms with van der Waals surface area (Å²) in [6, 6.07) is 3.43. The number of nitrogens with one attached hydrogen (secondary N) is 2. The Labute approximate surface area is 114 Å². The molecule has 0 aliphatic heterocycles. The minimum atomic E-state index is -0.951. The van der Waals surface area contributed by atoms with Crippen molar-refractivity contribution in [3.8, 4) is 0 Å². The Morgan fingerprint density at radius 3 is 2.65 bits per heavy atom. The number of aromatic nitrogens is 2. The molecule has 0 fully saturated rings. The van der Waals surface area contributed by atoms with E-state index in [1.165, 1.54) is 12.4 Å². The van der Waals surface area contributed by atoms with Crippen molar-refractivity contribution in [1.29, 1.82) is 0 Å². The topological polar surface area (TPSA) is 75.9 Å². The first-order valence-corrected chi connectivity index (χ1v) is 5.79. The predicted molar refractivity (Wildman–Crippen MR) is 74.8 cm³/mol. The third-order valence-corrected chi connectivity index (χ3v) is 2.48. The summed E-state index contributed by atoms with van der Waals surface area (Å²) in [4.78, 5) is 7.95. The lowest BCUT2D eigenvalue weighted by Crippen LogP contribution is -2.08. The maximum absolute atomic E-state index is 13.1. The summed E-state index contributed by atoms with van der Waals surface area (Å²) in [5.41, 5.74) is 6.50. The van der Waals surface area contributed by atoms with Gasteiger partial charge >= 0.3 is 0 Å². The van der Waals surface area contributed by atoms with Crippen molar-refractivity contribution in [2.75, 3.05) is 22.9 Å². The van der Waals surface area contributed by atoms with Crippen molar-refractivity contribution in [2.24, 2.45) is 0 Å². The number of anilines is 4. The Bertz CT molecular complexity index is 630. The van der Waals surface area contributed by atoms with Gasteiger partial charge in [-0.15, -0.1) is 6.58 Å². The molecule has 0 amide bonds. The number of halogens is 2. The van der Waals surface area contributed by atoms with Crippen molar-refractivity contribution < 1.29 is 8.78 Å². The van der Waals surface area contributed by atoms with Gasteiger partial charge < -0.3 is 16.4 Å². The summed E-state index contributed by atoms with van der Waals surface area (Å²) < 4.78 is 26.0. The predicted octanol–water partition coefficient (Wildman–Crippen LogP) is 2.68. The molecule has 0 bridgehead atoms. The third kappa shape index (κ3) is 3.00. The number of benzene rings is 1. The highest BCUT2D eigenvalue weighted by Gasteiger charge is 2.09. The lowest BCUT2D eigenvalue weighted by atomic mass is 10.3. The summed E-state index contributed by atoms with van der Waals surface area (Å²) in [5, 5.41) is 5.75. The van der Waals surface area contributed by atoms with E-state index in [2.05, 4.69) is 27.2 Å². The van der Waals surface area contributed by atoms with Crippen molar-refractivity contribution in [2.45, 2.75) is 0 Å². The van der Waals surface area contributed by atoms with Crippen molar-refractivity contribution in [3.63, 3.8) is 0 Å². The average molecular weight is 277 g/mol. The van der Waals surface area contributed by atoms with E-state index in [0.29, 0.717) is 23.9 Å². The molecule has 0 aliphatic rings. The van der Waals surface area contributed by atoms with Gasteiger partial charge in [0.15, 0.2) is 23.3 Å². The van der Waals surface area contributed by atoms with Crippen LogP contribution in [0.2, 0.25) is 0 Å². The standard InChI is InChI=1S/C13H13F2N5/c1-2-5-17-12-11(16)13(19-7-18-12)20-8-3-4-9(14)10(15)6-8/h2-4,6-7H,1,5,16H2,(H2,17,18,19,20). The lowest BCUT2D eigenvalue weighted by molar-refractivity contribution is 0.509. The highest BCUT2D eigenvalue weighted by Crippen LogP contribution is 2.26. The van der Waals surface area contributed by atoms with Gasteiger partial charge in [0.2, 0.25) is 0 Å². The number of hydrogen-bond donors (Lipinski definition) is 3. The summed E-state index contributed by atoms with van der Waals surface area (Å²) >= 11 is 0. The number of nitrogens with zero attached hydrogens (tertiary/aromatic N) is 2. The smallest absolute Gasteiger partial charge is 0.160 e. The van der Waals surface area contributed by atoms with E-state index in [1.807, 2.05) is 0 Å². The van der Waals surface area contributed by atoms with Crippen LogP contribution in [0, 0.1) is 11.6 Å². The summed E-state index contributed by atoms with van der Waals surface area (Å²) in [6.07, 6.45) is 2.97. The molecule has 0 aliphatic carbocycles. The average Bonchev–Trinajstić information content (AvgIpc) is 2.44. The van der Waals surface area contributed by atoms with Gasteiger partial charge in [-0.2, -0.15) is 0 Å². The molecule has 5 nitrogen and oxygen atoms in total. The second kappa shape index (κ2) is 5.96. The molecule has 104 valence electrons. The molecule has 0 radical (unpaired) electrons. The molecule has 0 saturated heterocycles. The molecular weight excluding hydrogens is 264 g/mol. The summed E-state index contributed by atoms with van der Waals surface area (Å²) in [6.45, 7) is 4.07. The van der Waals surface area contributed by atoms with Crippen LogP contribution in [0.4, 0.5) is 31.8 Å². The van der Waals surface area contributed by atoms with E-state index in [4.69, 9.17) is 5.73 Å². The Morgan fingerprint density at radius 1 is 1.20 bits per heavy atom. The van der Waals surface area contributed by atoms with E-state index < -0.39 is 11.6 Å². The van der Waals surface area contributed by atoms with Gasteiger partial charge in [-0.05, 0) is 12.1 Å². The second-order valence-corrected chi connectivity index (χ2v) is 3.91.